The topological polar surface area (TPSA) is 93.5 Å². The van der Waals surface area contributed by atoms with E-state index in [0.29, 0.717) is 11.4 Å². The molecule has 0 unspecified atom stereocenters. The minimum atomic E-state index is -3.65. The molecule has 0 bridgehead atoms. The van der Waals surface area contributed by atoms with Gasteiger partial charge in [-0.2, -0.15) is 0 Å². The number of aromatic nitrogens is 2. The molecule has 0 saturated heterocycles. The first kappa shape index (κ1) is 21.4. The van der Waals surface area contributed by atoms with Gasteiger partial charge >= 0.3 is 0 Å². The fourth-order valence-corrected chi connectivity index (χ4v) is 3.91. The van der Waals surface area contributed by atoms with Crippen LogP contribution in [0.4, 0.5) is 5.69 Å². The fourth-order valence-electron chi connectivity index (χ4n) is 3.06. The molecule has 158 valence electrons. The number of ether oxygens (including phenoxy) is 1. The summed E-state index contributed by atoms with van der Waals surface area (Å²) in [5, 5.41) is 2.81. The van der Waals surface area contributed by atoms with Gasteiger partial charge in [0.1, 0.15) is 18.1 Å². The maximum Gasteiger partial charge on any atom is 0.241 e. The highest BCUT2D eigenvalue weighted by molar-refractivity contribution is 7.92. The Balaban J connectivity index is 1.74. The Morgan fingerprint density at radius 2 is 1.87 bits per heavy atom. The van der Waals surface area contributed by atoms with Gasteiger partial charge in [0, 0.05) is 18.9 Å². The van der Waals surface area contributed by atoms with Crippen molar-refractivity contribution < 1.29 is 17.9 Å². The number of para-hydroxylation sites is 1. The number of carbonyl (C=O) groups excluding carboxylic acids is 1. The van der Waals surface area contributed by atoms with E-state index in [1.807, 2.05) is 42.0 Å². The van der Waals surface area contributed by atoms with Crippen molar-refractivity contribution in [3.05, 3.63) is 72.3 Å². The third-order valence-corrected chi connectivity index (χ3v) is 5.74. The van der Waals surface area contributed by atoms with Crippen molar-refractivity contribution in [2.75, 3.05) is 24.2 Å². The zero-order chi connectivity index (χ0) is 21.7. The van der Waals surface area contributed by atoms with Crippen LogP contribution in [0.5, 0.6) is 5.75 Å². The molecule has 0 saturated carbocycles. The van der Waals surface area contributed by atoms with Gasteiger partial charge in [0.15, 0.2) is 0 Å². The number of nitrogens with zero attached hydrogens (tertiary/aromatic N) is 3. The van der Waals surface area contributed by atoms with Crippen molar-refractivity contribution in [1.82, 2.24) is 14.9 Å². The molecule has 3 aromatic rings. The highest BCUT2D eigenvalue weighted by Gasteiger charge is 2.21. The van der Waals surface area contributed by atoms with Crippen LogP contribution in [-0.4, -0.2) is 43.8 Å². The molecular weight excluding hydrogens is 404 g/mol. The molecule has 0 spiro atoms. The van der Waals surface area contributed by atoms with E-state index in [1.165, 1.54) is 7.11 Å². The maximum atomic E-state index is 12.6. The summed E-state index contributed by atoms with van der Waals surface area (Å²) < 4.78 is 32.6. The lowest BCUT2D eigenvalue weighted by atomic mass is 10.1. The van der Waals surface area contributed by atoms with Gasteiger partial charge in [0.05, 0.1) is 24.7 Å². The van der Waals surface area contributed by atoms with Gasteiger partial charge in [-0.05, 0) is 42.8 Å². The number of imidazole rings is 1. The number of anilines is 1. The second-order valence-corrected chi connectivity index (χ2v) is 8.62. The number of carbonyl (C=O) groups is 1. The van der Waals surface area contributed by atoms with Crippen LogP contribution in [0.1, 0.15) is 11.4 Å². The van der Waals surface area contributed by atoms with E-state index >= 15 is 0 Å². The second kappa shape index (κ2) is 9.00. The largest absolute Gasteiger partial charge is 0.497 e. The van der Waals surface area contributed by atoms with Crippen LogP contribution in [0, 0.1) is 6.92 Å². The fraction of sp³-hybridized carbons (Fsp3) is 0.238. The van der Waals surface area contributed by atoms with Gasteiger partial charge in [-0.15, -0.1) is 0 Å². The van der Waals surface area contributed by atoms with Crippen molar-refractivity contribution in [3.8, 4) is 11.4 Å². The van der Waals surface area contributed by atoms with Gasteiger partial charge in [0.2, 0.25) is 15.9 Å². The molecule has 1 N–H and O–H groups in total. The number of hydrogen-bond acceptors (Lipinski definition) is 5. The molecule has 0 aliphatic heterocycles. The quantitative estimate of drug-likeness (QED) is 0.594. The summed E-state index contributed by atoms with van der Waals surface area (Å²) in [6.07, 6.45) is 4.64. The Bertz CT molecular complexity index is 1120. The smallest absolute Gasteiger partial charge is 0.241 e. The van der Waals surface area contributed by atoms with Crippen LogP contribution in [-0.2, 0) is 21.4 Å². The zero-order valence-electron chi connectivity index (χ0n) is 17.1. The number of nitrogens with one attached hydrogen (secondary N) is 1. The number of amides is 1. The number of methoxy groups -OCH3 is 1. The van der Waals surface area contributed by atoms with E-state index in [1.54, 1.807) is 30.5 Å². The first-order valence-electron chi connectivity index (χ1n) is 9.26. The molecule has 0 aliphatic rings. The molecule has 30 heavy (non-hydrogen) atoms. The van der Waals surface area contributed by atoms with Crippen LogP contribution in [0.15, 0.2) is 60.9 Å². The van der Waals surface area contributed by atoms with Gasteiger partial charge in [-0.25, -0.2) is 13.4 Å². The molecule has 9 heteroatoms. The lowest BCUT2D eigenvalue weighted by molar-refractivity contribution is -0.119. The SMILES string of the molecule is COc1ccc(N(CC(=O)NCc2ccccc2-n2ccnc2C)S(C)(=O)=O)cc1. The Hall–Kier alpha value is -3.33. The summed E-state index contributed by atoms with van der Waals surface area (Å²) in [6.45, 7) is 1.83. The standard InChI is InChI=1S/C21H24N4O4S/c1-16-22-12-13-24(16)20-7-5-4-6-17(20)14-23-21(26)15-25(30(3,27)28)18-8-10-19(29-2)11-9-18/h4-13H,14-15H2,1-3H3,(H,23,26). The minimum absolute atomic E-state index is 0.257. The lowest BCUT2D eigenvalue weighted by Gasteiger charge is -2.22. The number of aryl methyl sites for hydroxylation is 1. The molecule has 8 nitrogen and oxygen atoms in total. The summed E-state index contributed by atoms with van der Waals surface area (Å²) >= 11 is 0. The summed E-state index contributed by atoms with van der Waals surface area (Å²) in [4.78, 5) is 16.8. The van der Waals surface area contributed by atoms with Gasteiger partial charge < -0.3 is 14.6 Å². The average Bonchev–Trinajstić information content (AvgIpc) is 3.15. The molecule has 1 amide bonds. The predicted molar refractivity (Wildman–Crippen MR) is 115 cm³/mol. The van der Waals surface area contributed by atoms with Gasteiger partial charge in [0.25, 0.3) is 0 Å². The normalized spacial score (nSPS) is 11.2. The second-order valence-electron chi connectivity index (χ2n) is 6.72. The van der Waals surface area contributed by atoms with Crippen LogP contribution in [0.3, 0.4) is 0 Å². The molecule has 2 aromatic carbocycles. The van der Waals surface area contributed by atoms with Crippen LogP contribution in [0.25, 0.3) is 5.69 Å². The van der Waals surface area contributed by atoms with Gasteiger partial charge in [-0.1, -0.05) is 18.2 Å². The summed E-state index contributed by atoms with van der Waals surface area (Å²) in [5.41, 5.74) is 2.19. The lowest BCUT2D eigenvalue weighted by Crippen LogP contribution is -2.40. The van der Waals surface area contributed by atoms with Crippen molar-refractivity contribution >= 4 is 21.6 Å². The first-order valence-corrected chi connectivity index (χ1v) is 11.1. The third kappa shape index (κ3) is 4.98. The van der Waals surface area contributed by atoms with E-state index in [0.717, 1.165) is 27.6 Å². The molecule has 0 fully saturated rings. The van der Waals surface area contributed by atoms with Crippen LogP contribution in [0.2, 0.25) is 0 Å². The summed E-state index contributed by atoms with van der Waals surface area (Å²) in [5.74, 6) is 1.02. The van der Waals surface area contributed by atoms with E-state index < -0.39 is 15.9 Å². The number of hydrogen-bond donors (Lipinski definition) is 1. The molecule has 0 radical (unpaired) electrons. The number of benzene rings is 2. The predicted octanol–water partition coefficient (Wildman–Crippen LogP) is 2.27. The monoisotopic (exact) mass is 428 g/mol. The van der Waals surface area contributed by atoms with Crippen molar-refractivity contribution in [2.45, 2.75) is 13.5 Å². The first-order chi connectivity index (χ1) is 14.3. The summed E-state index contributed by atoms with van der Waals surface area (Å²) in [7, 11) is -2.12. The highest BCUT2D eigenvalue weighted by Crippen LogP contribution is 2.21. The highest BCUT2D eigenvalue weighted by atomic mass is 32.2. The van der Waals surface area contributed by atoms with Crippen molar-refractivity contribution in [3.63, 3.8) is 0 Å². The number of sulfonamides is 1. The molecule has 3 rings (SSSR count). The Morgan fingerprint density at radius 3 is 2.47 bits per heavy atom. The maximum absolute atomic E-state index is 12.6. The molecular formula is C21H24N4O4S. The Morgan fingerprint density at radius 1 is 1.17 bits per heavy atom. The summed E-state index contributed by atoms with van der Waals surface area (Å²) in [6, 6.07) is 14.1. The molecule has 1 aromatic heterocycles. The van der Waals surface area contributed by atoms with E-state index in [9.17, 15) is 13.2 Å². The van der Waals surface area contributed by atoms with E-state index in [-0.39, 0.29) is 13.1 Å². The van der Waals surface area contributed by atoms with Crippen molar-refractivity contribution in [1.29, 1.82) is 0 Å². The molecule has 0 atom stereocenters. The minimum Gasteiger partial charge on any atom is -0.497 e. The molecule has 1 heterocycles. The Labute approximate surface area is 176 Å². The third-order valence-electron chi connectivity index (χ3n) is 4.60. The molecule has 0 aliphatic carbocycles. The Kier molecular flexibility index (Phi) is 6.41. The van der Waals surface area contributed by atoms with Crippen LogP contribution >= 0.6 is 0 Å². The van der Waals surface area contributed by atoms with Crippen LogP contribution < -0.4 is 14.4 Å². The average molecular weight is 429 g/mol. The zero-order valence-corrected chi connectivity index (χ0v) is 17.9. The van der Waals surface area contributed by atoms with Gasteiger partial charge in [-0.3, -0.25) is 9.10 Å². The van der Waals surface area contributed by atoms with E-state index in [4.69, 9.17) is 4.74 Å². The van der Waals surface area contributed by atoms with Crippen molar-refractivity contribution in [2.24, 2.45) is 0 Å². The van der Waals surface area contributed by atoms with E-state index in [2.05, 4.69) is 10.3 Å². The number of rotatable bonds is 8.